The van der Waals surface area contributed by atoms with E-state index in [0.717, 1.165) is 53.1 Å². The van der Waals surface area contributed by atoms with Gasteiger partial charge in [0.25, 0.3) is 0 Å². The molecule has 5 heterocycles. The second-order valence-electron chi connectivity index (χ2n) is 11.2. The summed E-state index contributed by atoms with van der Waals surface area (Å²) in [5, 5.41) is 9.28. The first-order valence-electron chi connectivity index (χ1n) is 13.8. The molecule has 9 nitrogen and oxygen atoms in total. The zero-order valence-electron chi connectivity index (χ0n) is 23.3. The van der Waals surface area contributed by atoms with Crippen molar-refractivity contribution in [1.29, 1.82) is 0 Å². The number of aromatic nitrogens is 7. The van der Waals surface area contributed by atoms with E-state index >= 15 is 0 Å². The van der Waals surface area contributed by atoms with Crippen molar-refractivity contribution in [3.05, 3.63) is 42.1 Å². The van der Waals surface area contributed by atoms with Crippen molar-refractivity contribution < 1.29 is 4.74 Å². The highest BCUT2D eigenvalue weighted by Crippen LogP contribution is 2.40. The van der Waals surface area contributed by atoms with Crippen LogP contribution < -0.4 is 4.74 Å². The van der Waals surface area contributed by atoms with Crippen molar-refractivity contribution in [3.8, 4) is 39.8 Å². The molecule has 0 N–H and O–H groups in total. The zero-order chi connectivity index (χ0) is 26.6. The highest BCUT2D eigenvalue weighted by molar-refractivity contribution is 5.76. The third-order valence-corrected chi connectivity index (χ3v) is 7.91. The number of ether oxygens (including phenoxy) is 1. The molecule has 0 amide bonds. The second kappa shape index (κ2) is 9.69. The lowest BCUT2D eigenvalue weighted by Crippen LogP contribution is -2.39. The Bertz CT molecular complexity index is 1460. The van der Waals surface area contributed by atoms with E-state index in [0.29, 0.717) is 18.6 Å². The molecule has 9 heteroatoms. The molecule has 2 aliphatic rings. The van der Waals surface area contributed by atoms with Gasteiger partial charge in [0.05, 0.1) is 24.0 Å². The van der Waals surface area contributed by atoms with Crippen molar-refractivity contribution in [1.82, 2.24) is 39.0 Å². The van der Waals surface area contributed by atoms with Crippen LogP contribution in [0.5, 0.6) is 5.75 Å². The van der Waals surface area contributed by atoms with Crippen LogP contribution in [-0.2, 0) is 13.6 Å². The third kappa shape index (κ3) is 4.32. The van der Waals surface area contributed by atoms with Gasteiger partial charge in [0.1, 0.15) is 29.7 Å². The Kier molecular flexibility index (Phi) is 6.34. The fraction of sp³-hybridized carbons (Fsp3) is 0.517. The minimum Gasteiger partial charge on any atom is -0.491 e. The molecule has 3 aromatic heterocycles. The molecule has 1 saturated heterocycles. The van der Waals surface area contributed by atoms with Gasteiger partial charge in [-0.05, 0) is 71.7 Å². The fourth-order valence-corrected chi connectivity index (χ4v) is 5.97. The average Bonchev–Trinajstić information content (AvgIpc) is 3.58. The maximum Gasteiger partial charge on any atom is 0.178 e. The Morgan fingerprint density at radius 1 is 1.00 bits per heavy atom. The van der Waals surface area contributed by atoms with Gasteiger partial charge < -0.3 is 14.2 Å². The van der Waals surface area contributed by atoms with Gasteiger partial charge in [-0.15, -0.1) is 0 Å². The summed E-state index contributed by atoms with van der Waals surface area (Å²) in [6, 6.07) is 7.27. The Morgan fingerprint density at radius 3 is 2.63 bits per heavy atom. The SMILES string of the molecule is Cc1nc(-c2cn3c(n2)-c2ccc(-c4cnn(C)c4[C@H]4CCCN(C(C)C)C4)cc2OCC3)n(C(C)C)n1. The van der Waals surface area contributed by atoms with Crippen molar-refractivity contribution >= 4 is 0 Å². The first-order valence-corrected chi connectivity index (χ1v) is 13.8. The van der Waals surface area contributed by atoms with E-state index in [9.17, 15) is 0 Å². The Morgan fingerprint density at radius 2 is 1.84 bits per heavy atom. The van der Waals surface area contributed by atoms with E-state index in [4.69, 9.17) is 14.8 Å². The van der Waals surface area contributed by atoms with Crippen LogP contribution in [0.2, 0.25) is 0 Å². The van der Waals surface area contributed by atoms with E-state index in [-0.39, 0.29) is 6.04 Å². The van der Waals surface area contributed by atoms with E-state index in [1.165, 1.54) is 30.6 Å². The molecular formula is C29H38N8O. The largest absolute Gasteiger partial charge is 0.491 e. The smallest absolute Gasteiger partial charge is 0.178 e. The topological polar surface area (TPSA) is 78.8 Å². The summed E-state index contributed by atoms with van der Waals surface area (Å²) in [6.45, 7) is 14.3. The molecule has 0 bridgehead atoms. The molecule has 1 atom stereocenters. The number of aryl methyl sites for hydroxylation is 2. The van der Waals surface area contributed by atoms with Gasteiger partial charge in [-0.1, -0.05) is 6.07 Å². The Balaban J connectivity index is 1.37. The predicted octanol–water partition coefficient (Wildman–Crippen LogP) is 5.08. The van der Waals surface area contributed by atoms with Gasteiger partial charge in [-0.2, -0.15) is 10.2 Å². The van der Waals surface area contributed by atoms with Crippen LogP contribution in [0.4, 0.5) is 0 Å². The molecule has 1 aromatic carbocycles. The van der Waals surface area contributed by atoms with Crippen LogP contribution in [0.1, 0.15) is 64.0 Å². The lowest BCUT2D eigenvalue weighted by Gasteiger charge is -2.35. The van der Waals surface area contributed by atoms with E-state index in [2.05, 4.69) is 83.4 Å². The first-order chi connectivity index (χ1) is 18.3. The van der Waals surface area contributed by atoms with Crippen molar-refractivity contribution in [2.75, 3.05) is 19.7 Å². The lowest BCUT2D eigenvalue weighted by atomic mass is 9.89. The van der Waals surface area contributed by atoms with Crippen molar-refractivity contribution in [2.24, 2.45) is 7.05 Å². The molecule has 0 unspecified atom stereocenters. The summed E-state index contributed by atoms with van der Waals surface area (Å²) in [6.07, 6.45) is 6.50. The number of piperidine rings is 1. The molecule has 1 fully saturated rings. The fourth-order valence-electron chi connectivity index (χ4n) is 5.97. The molecule has 6 rings (SSSR count). The summed E-state index contributed by atoms with van der Waals surface area (Å²) in [4.78, 5) is 12.3. The number of nitrogens with zero attached hydrogens (tertiary/aromatic N) is 8. The molecule has 38 heavy (non-hydrogen) atoms. The summed E-state index contributed by atoms with van der Waals surface area (Å²) < 4.78 is 12.5. The summed E-state index contributed by atoms with van der Waals surface area (Å²) in [5.74, 6) is 3.80. The monoisotopic (exact) mass is 514 g/mol. The summed E-state index contributed by atoms with van der Waals surface area (Å²) in [5.41, 5.74) is 5.50. The molecule has 2 aliphatic heterocycles. The standard InChI is InChI=1S/C29H38N8O/c1-18(2)35-11-7-8-22(16-35)27-24(15-30-34(27)6)21-9-10-23-26(14-21)38-13-12-36-17-25(32-28(23)36)29-31-20(5)33-37(29)19(3)4/h9-10,14-15,17-19,22H,7-8,11-13,16H2,1-6H3/t22-/m0/s1. The zero-order valence-corrected chi connectivity index (χ0v) is 23.3. The molecule has 0 saturated carbocycles. The molecule has 200 valence electrons. The van der Waals surface area contributed by atoms with Crippen LogP contribution >= 0.6 is 0 Å². The molecule has 0 aliphatic carbocycles. The quantitative estimate of drug-likeness (QED) is 0.370. The Labute approximate surface area is 224 Å². The normalized spacial score (nSPS) is 17.9. The van der Waals surface area contributed by atoms with Gasteiger partial charge in [0, 0.05) is 43.4 Å². The van der Waals surface area contributed by atoms with Crippen LogP contribution in [0.25, 0.3) is 34.0 Å². The number of rotatable bonds is 5. The first kappa shape index (κ1) is 24.9. The van der Waals surface area contributed by atoms with Crippen LogP contribution in [0.15, 0.2) is 30.6 Å². The van der Waals surface area contributed by atoms with Gasteiger partial charge in [0.2, 0.25) is 0 Å². The maximum atomic E-state index is 6.27. The maximum absolute atomic E-state index is 6.27. The number of benzene rings is 1. The second-order valence-corrected chi connectivity index (χ2v) is 11.2. The van der Waals surface area contributed by atoms with Crippen LogP contribution in [0, 0.1) is 6.92 Å². The highest BCUT2D eigenvalue weighted by Gasteiger charge is 2.29. The van der Waals surface area contributed by atoms with Crippen LogP contribution in [0.3, 0.4) is 0 Å². The lowest BCUT2D eigenvalue weighted by molar-refractivity contribution is 0.165. The molecule has 0 radical (unpaired) electrons. The third-order valence-electron chi connectivity index (χ3n) is 7.91. The van der Waals surface area contributed by atoms with E-state index in [1.54, 1.807) is 0 Å². The summed E-state index contributed by atoms with van der Waals surface area (Å²) >= 11 is 0. The van der Waals surface area contributed by atoms with Gasteiger partial charge >= 0.3 is 0 Å². The van der Waals surface area contributed by atoms with E-state index < -0.39 is 0 Å². The number of likely N-dealkylation sites (tertiary alicyclic amines) is 1. The average molecular weight is 515 g/mol. The predicted molar refractivity (Wildman–Crippen MR) is 148 cm³/mol. The van der Waals surface area contributed by atoms with Gasteiger partial charge in [-0.3, -0.25) is 4.68 Å². The Hall–Kier alpha value is -3.46. The minimum absolute atomic E-state index is 0.205. The highest BCUT2D eigenvalue weighted by atomic mass is 16.5. The number of hydrogen-bond acceptors (Lipinski definition) is 6. The van der Waals surface area contributed by atoms with Crippen LogP contribution in [-0.4, -0.2) is 64.7 Å². The minimum atomic E-state index is 0.205. The number of hydrogen-bond donors (Lipinski definition) is 0. The number of fused-ring (bicyclic) bond motifs is 3. The molecular weight excluding hydrogens is 476 g/mol. The van der Waals surface area contributed by atoms with Crippen molar-refractivity contribution in [3.63, 3.8) is 0 Å². The van der Waals surface area contributed by atoms with Gasteiger partial charge in [0.15, 0.2) is 5.82 Å². The molecule has 4 aromatic rings. The molecule has 0 spiro atoms. The van der Waals surface area contributed by atoms with Crippen molar-refractivity contribution in [2.45, 2.75) is 72.0 Å². The number of imidazole rings is 1. The van der Waals surface area contributed by atoms with E-state index in [1.807, 2.05) is 17.8 Å². The van der Waals surface area contributed by atoms with Gasteiger partial charge in [-0.25, -0.2) is 14.6 Å². The summed E-state index contributed by atoms with van der Waals surface area (Å²) in [7, 11) is 2.07.